The summed E-state index contributed by atoms with van der Waals surface area (Å²) in [5.41, 5.74) is -1.50. The lowest BCUT2D eigenvalue weighted by atomic mass is 10.1. The van der Waals surface area contributed by atoms with Gasteiger partial charge < -0.3 is 5.32 Å². The predicted molar refractivity (Wildman–Crippen MR) is 103 cm³/mol. The summed E-state index contributed by atoms with van der Waals surface area (Å²) in [5, 5.41) is 16.8. The Morgan fingerprint density at radius 1 is 1.20 bits per heavy atom. The summed E-state index contributed by atoms with van der Waals surface area (Å²) in [5.74, 6) is -0.631. The molecule has 1 aromatic heterocycles. The molecule has 30 heavy (non-hydrogen) atoms. The first kappa shape index (κ1) is 21.8. The Bertz CT molecular complexity index is 919. The number of amides is 1. The third-order valence-corrected chi connectivity index (χ3v) is 5.01. The number of hydrogen-bond donors (Lipinski definition) is 1. The molecule has 0 spiro atoms. The van der Waals surface area contributed by atoms with Gasteiger partial charge in [-0.25, -0.2) is 0 Å². The predicted octanol–water partition coefficient (Wildman–Crippen LogP) is 3.74. The van der Waals surface area contributed by atoms with Gasteiger partial charge in [-0.3, -0.25) is 24.5 Å². The van der Waals surface area contributed by atoms with Crippen molar-refractivity contribution in [2.75, 3.05) is 18.4 Å². The van der Waals surface area contributed by atoms with Crippen LogP contribution in [0.2, 0.25) is 0 Å². The molecule has 0 atom stereocenters. The Hall–Kier alpha value is -2.95. The quantitative estimate of drug-likeness (QED) is 0.562. The van der Waals surface area contributed by atoms with Gasteiger partial charge in [-0.15, -0.1) is 0 Å². The zero-order valence-corrected chi connectivity index (χ0v) is 16.4. The monoisotopic (exact) mass is 425 g/mol. The first-order valence-electron chi connectivity index (χ1n) is 9.55. The molecule has 1 aromatic carbocycles. The smallest absolute Gasteiger partial charge is 0.324 e. The minimum atomic E-state index is -4.99. The molecule has 3 rings (SSSR count). The molecule has 1 amide bonds. The number of rotatable bonds is 6. The van der Waals surface area contributed by atoms with Crippen molar-refractivity contribution < 1.29 is 22.9 Å². The van der Waals surface area contributed by atoms with Gasteiger partial charge in [-0.05, 0) is 50.6 Å². The van der Waals surface area contributed by atoms with Crippen LogP contribution in [-0.2, 0) is 24.1 Å². The van der Waals surface area contributed by atoms with E-state index >= 15 is 0 Å². The van der Waals surface area contributed by atoms with Gasteiger partial charge in [0.1, 0.15) is 12.2 Å². The second kappa shape index (κ2) is 8.82. The van der Waals surface area contributed by atoms with Crippen molar-refractivity contribution in [1.29, 1.82) is 0 Å². The third kappa shape index (κ3) is 5.15. The van der Waals surface area contributed by atoms with E-state index in [2.05, 4.69) is 15.3 Å². The molecule has 2 heterocycles. The minimum Gasteiger partial charge on any atom is -0.324 e. The highest BCUT2D eigenvalue weighted by Crippen LogP contribution is 2.36. The fourth-order valence-corrected chi connectivity index (χ4v) is 3.51. The number of nitrogens with zero attached hydrogens (tertiary/aromatic N) is 4. The molecule has 0 radical (unpaired) electrons. The van der Waals surface area contributed by atoms with Crippen molar-refractivity contribution in [2.24, 2.45) is 0 Å². The second-order valence-electron chi connectivity index (χ2n) is 7.28. The van der Waals surface area contributed by atoms with Crippen LogP contribution in [0.15, 0.2) is 24.3 Å². The molecule has 2 aromatic rings. The van der Waals surface area contributed by atoms with E-state index in [0.717, 1.165) is 32.1 Å². The molecule has 1 aliphatic rings. The van der Waals surface area contributed by atoms with Crippen molar-refractivity contribution in [2.45, 2.75) is 45.5 Å². The Kier molecular flexibility index (Phi) is 6.40. The van der Waals surface area contributed by atoms with Gasteiger partial charge in [0, 0.05) is 12.2 Å². The third-order valence-electron chi connectivity index (χ3n) is 5.01. The molecule has 8 nitrogen and oxygen atoms in total. The minimum absolute atomic E-state index is 0.334. The highest BCUT2D eigenvalue weighted by Gasteiger charge is 2.44. The fourth-order valence-electron chi connectivity index (χ4n) is 3.51. The Morgan fingerprint density at radius 2 is 1.83 bits per heavy atom. The summed E-state index contributed by atoms with van der Waals surface area (Å²) in [7, 11) is 0. The summed E-state index contributed by atoms with van der Waals surface area (Å²) in [6.07, 6.45) is -1.35. The van der Waals surface area contributed by atoms with Gasteiger partial charge in [-0.2, -0.15) is 18.3 Å². The van der Waals surface area contributed by atoms with E-state index < -0.39 is 34.9 Å². The SMILES string of the molecule is Cc1c([N+](=O)[O-])c(C(F)(F)F)nn1CC(=O)Nc1ccc(CN2CCCCC2)cc1. The number of nitrogens with one attached hydrogen (secondary N) is 1. The zero-order chi connectivity index (χ0) is 21.9. The van der Waals surface area contributed by atoms with E-state index in [0.29, 0.717) is 10.4 Å². The Balaban J connectivity index is 1.65. The largest absolute Gasteiger partial charge is 0.442 e. The molecule has 1 saturated heterocycles. The van der Waals surface area contributed by atoms with Crippen LogP contribution in [0.25, 0.3) is 0 Å². The van der Waals surface area contributed by atoms with Gasteiger partial charge in [0.25, 0.3) is 0 Å². The molecular weight excluding hydrogens is 403 g/mol. The summed E-state index contributed by atoms with van der Waals surface area (Å²) in [4.78, 5) is 24.5. The maximum absolute atomic E-state index is 13.0. The maximum Gasteiger partial charge on any atom is 0.442 e. The molecular formula is C19H22F3N5O3. The van der Waals surface area contributed by atoms with E-state index in [1.165, 1.54) is 19.3 Å². The topological polar surface area (TPSA) is 93.3 Å². The number of aromatic nitrogens is 2. The van der Waals surface area contributed by atoms with Gasteiger partial charge in [0.2, 0.25) is 11.6 Å². The lowest BCUT2D eigenvalue weighted by molar-refractivity contribution is -0.388. The van der Waals surface area contributed by atoms with E-state index in [1.807, 2.05) is 12.1 Å². The number of carbonyl (C=O) groups is 1. The van der Waals surface area contributed by atoms with Crippen LogP contribution >= 0.6 is 0 Å². The fraction of sp³-hybridized carbons (Fsp3) is 0.474. The summed E-state index contributed by atoms with van der Waals surface area (Å²) < 4.78 is 39.7. The van der Waals surface area contributed by atoms with Crippen LogP contribution in [0.1, 0.15) is 36.2 Å². The summed E-state index contributed by atoms with van der Waals surface area (Å²) in [6.45, 7) is 3.51. The van der Waals surface area contributed by atoms with Crippen molar-refractivity contribution in [3.8, 4) is 0 Å². The number of anilines is 1. The number of nitro groups is 1. The van der Waals surface area contributed by atoms with Gasteiger partial charge in [0.05, 0.1) is 4.92 Å². The van der Waals surface area contributed by atoms with Crippen molar-refractivity contribution in [3.63, 3.8) is 0 Å². The first-order valence-corrected chi connectivity index (χ1v) is 9.55. The normalized spacial score (nSPS) is 15.2. The van der Waals surface area contributed by atoms with Gasteiger partial charge in [-0.1, -0.05) is 18.6 Å². The zero-order valence-electron chi connectivity index (χ0n) is 16.4. The number of piperidine rings is 1. The number of hydrogen-bond acceptors (Lipinski definition) is 5. The molecule has 1 aliphatic heterocycles. The molecule has 1 N–H and O–H groups in total. The number of halogens is 3. The molecule has 11 heteroatoms. The highest BCUT2D eigenvalue weighted by atomic mass is 19.4. The van der Waals surface area contributed by atoms with Crippen molar-refractivity contribution in [3.05, 3.63) is 51.3 Å². The molecule has 162 valence electrons. The lowest BCUT2D eigenvalue weighted by Crippen LogP contribution is -2.29. The molecule has 0 unspecified atom stereocenters. The van der Waals surface area contributed by atoms with Crippen LogP contribution in [0.3, 0.4) is 0 Å². The molecule has 0 bridgehead atoms. The molecule has 0 saturated carbocycles. The molecule has 0 aliphatic carbocycles. The Labute approximate surface area is 170 Å². The van der Waals surface area contributed by atoms with Gasteiger partial charge in [0.15, 0.2) is 0 Å². The molecule has 1 fully saturated rings. The standard InChI is InChI=1S/C19H22F3N5O3/c1-13-17(27(29)30)18(19(20,21)22)24-26(13)12-16(28)23-15-7-5-14(6-8-15)11-25-9-3-2-4-10-25/h5-8H,2-4,9-12H2,1H3,(H,23,28). The average Bonchev–Trinajstić information content (AvgIpc) is 3.01. The summed E-state index contributed by atoms with van der Waals surface area (Å²) >= 11 is 0. The van der Waals surface area contributed by atoms with E-state index in [1.54, 1.807) is 12.1 Å². The van der Waals surface area contributed by atoms with E-state index in [4.69, 9.17) is 0 Å². The number of benzene rings is 1. The number of alkyl halides is 3. The van der Waals surface area contributed by atoms with Crippen molar-refractivity contribution in [1.82, 2.24) is 14.7 Å². The van der Waals surface area contributed by atoms with Crippen LogP contribution in [0.5, 0.6) is 0 Å². The Morgan fingerprint density at radius 3 is 2.37 bits per heavy atom. The summed E-state index contributed by atoms with van der Waals surface area (Å²) in [6, 6.07) is 7.21. The van der Waals surface area contributed by atoms with Crippen LogP contribution < -0.4 is 5.32 Å². The highest BCUT2D eigenvalue weighted by molar-refractivity contribution is 5.90. The first-order chi connectivity index (χ1) is 14.1. The number of likely N-dealkylation sites (tertiary alicyclic amines) is 1. The van der Waals surface area contributed by atoms with Crippen LogP contribution in [-0.4, -0.2) is 38.6 Å². The van der Waals surface area contributed by atoms with E-state index in [-0.39, 0.29) is 5.69 Å². The van der Waals surface area contributed by atoms with Crippen LogP contribution in [0.4, 0.5) is 24.5 Å². The number of carbonyl (C=O) groups excluding carboxylic acids is 1. The van der Waals surface area contributed by atoms with Gasteiger partial charge >= 0.3 is 11.9 Å². The van der Waals surface area contributed by atoms with Crippen LogP contribution in [0, 0.1) is 17.0 Å². The van der Waals surface area contributed by atoms with Crippen molar-refractivity contribution >= 4 is 17.3 Å². The lowest BCUT2D eigenvalue weighted by Gasteiger charge is -2.26. The average molecular weight is 425 g/mol. The maximum atomic E-state index is 13.0. The second-order valence-corrected chi connectivity index (χ2v) is 7.28. The van der Waals surface area contributed by atoms with E-state index in [9.17, 15) is 28.1 Å².